The summed E-state index contributed by atoms with van der Waals surface area (Å²) in [5.41, 5.74) is 3.25. The molecule has 1 heterocycles. The second kappa shape index (κ2) is 7.03. The second-order valence-corrected chi connectivity index (χ2v) is 7.58. The number of nitrogens with one attached hydrogen (secondary N) is 1. The molecule has 132 valence electrons. The SMILES string of the molecule is CC(NC(=O)C1CC1c1ccc(Br)cc1)c1ccc(-n2cncn2)cc1. The number of hydrogen-bond acceptors (Lipinski definition) is 3. The molecule has 6 heteroatoms. The lowest BCUT2D eigenvalue weighted by Gasteiger charge is -2.15. The van der Waals surface area contributed by atoms with Crippen LogP contribution in [0.4, 0.5) is 0 Å². The number of aromatic nitrogens is 3. The summed E-state index contributed by atoms with van der Waals surface area (Å²) in [7, 11) is 0. The zero-order valence-corrected chi connectivity index (χ0v) is 15.9. The molecule has 26 heavy (non-hydrogen) atoms. The summed E-state index contributed by atoms with van der Waals surface area (Å²) in [6.07, 6.45) is 4.09. The first-order chi connectivity index (χ1) is 12.6. The molecule has 0 bridgehead atoms. The van der Waals surface area contributed by atoms with E-state index in [-0.39, 0.29) is 17.9 Å². The van der Waals surface area contributed by atoms with Crippen LogP contribution in [0.3, 0.4) is 0 Å². The fourth-order valence-corrected chi connectivity index (χ4v) is 3.49. The fraction of sp³-hybridized carbons (Fsp3) is 0.250. The van der Waals surface area contributed by atoms with E-state index in [4.69, 9.17) is 0 Å². The van der Waals surface area contributed by atoms with E-state index < -0.39 is 0 Å². The van der Waals surface area contributed by atoms with Crippen LogP contribution in [-0.2, 0) is 4.79 Å². The van der Waals surface area contributed by atoms with Gasteiger partial charge in [0.2, 0.25) is 5.91 Å². The van der Waals surface area contributed by atoms with Crippen LogP contribution in [0.15, 0.2) is 65.7 Å². The molecule has 4 rings (SSSR count). The van der Waals surface area contributed by atoms with Crippen molar-refractivity contribution in [3.8, 4) is 5.69 Å². The van der Waals surface area contributed by atoms with Crippen LogP contribution in [0.1, 0.15) is 36.4 Å². The predicted octanol–water partition coefficient (Wildman–Crippen LogP) is 4.01. The fourth-order valence-electron chi connectivity index (χ4n) is 3.22. The van der Waals surface area contributed by atoms with Gasteiger partial charge in [-0.2, -0.15) is 5.10 Å². The highest BCUT2D eigenvalue weighted by atomic mass is 79.9. The van der Waals surface area contributed by atoms with Crippen LogP contribution in [0.25, 0.3) is 5.69 Å². The molecule has 1 aliphatic carbocycles. The van der Waals surface area contributed by atoms with Crippen molar-refractivity contribution in [2.75, 3.05) is 0 Å². The van der Waals surface area contributed by atoms with Gasteiger partial charge in [0.15, 0.2) is 0 Å². The number of hydrogen-bond donors (Lipinski definition) is 1. The van der Waals surface area contributed by atoms with Crippen LogP contribution in [0, 0.1) is 5.92 Å². The highest BCUT2D eigenvalue weighted by Crippen LogP contribution is 2.47. The van der Waals surface area contributed by atoms with E-state index in [0.717, 1.165) is 22.1 Å². The van der Waals surface area contributed by atoms with Crippen LogP contribution in [0.2, 0.25) is 0 Å². The summed E-state index contributed by atoms with van der Waals surface area (Å²) >= 11 is 3.45. The van der Waals surface area contributed by atoms with Gasteiger partial charge in [-0.15, -0.1) is 0 Å². The maximum absolute atomic E-state index is 12.6. The summed E-state index contributed by atoms with van der Waals surface area (Å²) in [5.74, 6) is 0.545. The standard InChI is InChI=1S/C20H19BrN4O/c1-13(14-4-8-17(9-5-14)25-12-22-11-23-25)24-20(26)19-10-18(19)15-2-6-16(21)7-3-15/h2-9,11-13,18-19H,10H2,1H3,(H,24,26). The number of nitrogens with zero attached hydrogens (tertiary/aromatic N) is 3. The third-order valence-corrected chi connectivity index (χ3v) is 5.39. The normalized spacial score (nSPS) is 19.8. The summed E-state index contributed by atoms with van der Waals surface area (Å²) in [6, 6.07) is 16.2. The highest BCUT2D eigenvalue weighted by molar-refractivity contribution is 9.10. The van der Waals surface area contributed by atoms with E-state index in [1.165, 1.54) is 11.9 Å². The third-order valence-electron chi connectivity index (χ3n) is 4.86. The molecule has 3 unspecified atom stereocenters. The van der Waals surface area contributed by atoms with Crippen molar-refractivity contribution in [3.05, 3.63) is 76.8 Å². The molecule has 1 amide bonds. The first-order valence-corrected chi connectivity index (χ1v) is 9.42. The minimum Gasteiger partial charge on any atom is -0.349 e. The Balaban J connectivity index is 1.37. The Labute approximate surface area is 160 Å². The van der Waals surface area contributed by atoms with Crippen molar-refractivity contribution in [2.45, 2.75) is 25.3 Å². The molecule has 1 fully saturated rings. The minimum absolute atomic E-state index is 0.0292. The van der Waals surface area contributed by atoms with E-state index in [1.54, 1.807) is 11.0 Å². The maximum atomic E-state index is 12.6. The summed E-state index contributed by atoms with van der Waals surface area (Å²) in [6.45, 7) is 2.01. The molecule has 1 aromatic heterocycles. The molecule has 5 nitrogen and oxygen atoms in total. The molecule has 0 spiro atoms. The first kappa shape index (κ1) is 17.0. The number of carbonyl (C=O) groups is 1. The van der Waals surface area contributed by atoms with Gasteiger partial charge >= 0.3 is 0 Å². The first-order valence-electron chi connectivity index (χ1n) is 8.62. The smallest absolute Gasteiger partial charge is 0.224 e. The molecule has 3 aromatic rings. The van der Waals surface area contributed by atoms with Crippen LogP contribution >= 0.6 is 15.9 Å². The number of rotatable bonds is 5. The number of halogens is 1. The quantitative estimate of drug-likeness (QED) is 0.690. The average Bonchev–Trinajstić information content (AvgIpc) is 3.27. The van der Waals surface area contributed by atoms with Crippen molar-refractivity contribution in [1.82, 2.24) is 20.1 Å². The summed E-state index contributed by atoms with van der Waals surface area (Å²) in [4.78, 5) is 16.5. The van der Waals surface area contributed by atoms with Crippen LogP contribution < -0.4 is 5.32 Å². The number of carbonyl (C=O) groups excluding carboxylic acids is 1. The summed E-state index contributed by atoms with van der Waals surface area (Å²) < 4.78 is 2.77. The Hall–Kier alpha value is -2.47. The molecular weight excluding hydrogens is 392 g/mol. The lowest BCUT2D eigenvalue weighted by atomic mass is 10.1. The molecule has 2 aromatic carbocycles. The van der Waals surface area contributed by atoms with Gasteiger partial charge in [0.05, 0.1) is 11.7 Å². The van der Waals surface area contributed by atoms with Crippen molar-refractivity contribution in [2.24, 2.45) is 5.92 Å². The third kappa shape index (κ3) is 3.55. The van der Waals surface area contributed by atoms with Gasteiger partial charge in [-0.25, -0.2) is 9.67 Å². The Morgan fingerprint density at radius 2 is 1.92 bits per heavy atom. The molecule has 1 aliphatic rings. The van der Waals surface area contributed by atoms with E-state index in [2.05, 4.69) is 43.5 Å². The van der Waals surface area contributed by atoms with Gasteiger partial charge in [-0.1, -0.05) is 40.2 Å². The average molecular weight is 411 g/mol. The molecular formula is C20H19BrN4O. The van der Waals surface area contributed by atoms with Crippen molar-refractivity contribution in [1.29, 1.82) is 0 Å². The Kier molecular flexibility index (Phi) is 4.59. The number of amides is 1. The summed E-state index contributed by atoms with van der Waals surface area (Å²) in [5, 5.41) is 7.26. The number of benzene rings is 2. The molecule has 1 N–H and O–H groups in total. The zero-order chi connectivity index (χ0) is 18.1. The monoisotopic (exact) mass is 410 g/mol. The van der Waals surface area contributed by atoms with Crippen LogP contribution in [-0.4, -0.2) is 20.7 Å². The van der Waals surface area contributed by atoms with Gasteiger partial charge in [-0.05, 0) is 54.7 Å². The van der Waals surface area contributed by atoms with Crippen molar-refractivity contribution < 1.29 is 4.79 Å². The molecule has 1 saturated carbocycles. The van der Waals surface area contributed by atoms with Gasteiger partial charge in [0.25, 0.3) is 0 Å². The zero-order valence-electron chi connectivity index (χ0n) is 14.3. The van der Waals surface area contributed by atoms with E-state index in [9.17, 15) is 4.79 Å². The maximum Gasteiger partial charge on any atom is 0.224 e. The molecule has 0 aliphatic heterocycles. The van der Waals surface area contributed by atoms with Crippen LogP contribution in [0.5, 0.6) is 0 Å². The second-order valence-electron chi connectivity index (χ2n) is 6.66. The van der Waals surface area contributed by atoms with E-state index >= 15 is 0 Å². The van der Waals surface area contributed by atoms with Gasteiger partial charge in [0, 0.05) is 10.4 Å². The van der Waals surface area contributed by atoms with E-state index in [1.807, 2.05) is 43.3 Å². The lowest BCUT2D eigenvalue weighted by molar-refractivity contribution is -0.123. The molecule has 3 atom stereocenters. The Bertz CT molecular complexity index is 891. The van der Waals surface area contributed by atoms with Gasteiger partial charge < -0.3 is 5.32 Å². The van der Waals surface area contributed by atoms with Gasteiger partial charge in [-0.3, -0.25) is 4.79 Å². The van der Waals surface area contributed by atoms with Crippen molar-refractivity contribution >= 4 is 21.8 Å². The van der Waals surface area contributed by atoms with Crippen molar-refractivity contribution in [3.63, 3.8) is 0 Å². The lowest BCUT2D eigenvalue weighted by Crippen LogP contribution is -2.28. The molecule has 0 radical (unpaired) electrons. The van der Waals surface area contributed by atoms with Gasteiger partial charge in [0.1, 0.15) is 12.7 Å². The topological polar surface area (TPSA) is 59.8 Å². The largest absolute Gasteiger partial charge is 0.349 e. The minimum atomic E-state index is -0.0292. The molecule has 0 saturated heterocycles. The Morgan fingerprint density at radius 1 is 1.19 bits per heavy atom. The highest BCUT2D eigenvalue weighted by Gasteiger charge is 2.44. The predicted molar refractivity (Wildman–Crippen MR) is 103 cm³/mol. The Morgan fingerprint density at radius 3 is 2.58 bits per heavy atom. The van der Waals surface area contributed by atoms with E-state index in [0.29, 0.717) is 5.92 Å².